The summed E-state index contributed by atoms with van der Waals surface area (Å²) in [5.74, 6) is -6.72. The van der Waals surface area contributed by atoms with Crippen LogP contribution in [0.5, 0.6) is 0 Å². The molecule has 0 bridgehead atoms. The molecular formula is C22H30N4O10. The molecule has 3 amide bonds. The fourth-order valence-corrected chi connectivity index (χ4v) is 3.01. The van der Waals surface area contributed by atoms with E-state index in [1.54, 1.807) is 30.3 Å². The summed E-state index contributed by atoms with van der Waals surface area (Å²) in [5, 5.41) is 42.8. The first kappa shape index (κ1) is 30.0. The fraction of sp³-hybridized carbons (Fsp3) is 0.455. The number of hydrogen-bond acceptors (Lipinski definition) is 8. The van der Waals surface area contributed by atoms with Crippen molar-refractivity contribution < 1.29 is 49.2 Å². The van der Waals surface area contributed by atoms with Crippen molar-refractivity contribution in [1.29, 1.82) is 0 Å². The summed E-state index contributed by atoms with van der Waals surface area (Å²) in [5.41, 5.74) is 6.25. The second kappa shape index (κ2) is 15.1. The SMILES string of the molecule is NC(CCC(=O)O)C(=O)NC(CCC(=O)O)C(=O)NC(Cc1ccccc1)C(=O)NC(CO)C(=O)O. The van der Waals surface area contributed by atoms with Crippen molar-refractivity contribution in [1.82, 2.24) is 16.0 Å². The lowest BCUT2D eigenvalue weighted by atomic mass is 10.0. The van der Waals surface area contributed by atoms with Gasteiger partial charge in [0.2, 0.25) is 17.7 Å². The molecule has 0 saturated heterocycles. The number of rotatable bonds is 16. The highest BCUT2D eigenvalue weighted by Gasteiger charge is 2.30. The van der Waals surface area contributed by atoms with Crippen molar-refractivity contribution in [3.05, 3.63) is 35.9 Å². The monoisotopic (exact) mass is 510 g/mol. The highest BCUT2D eigenvalue weighted by molar-refractivity contribution is 5.94. The molecule has 14 nitrogen and oxygen atoms in total. The summed E-state index contributed by atoms with van der Waals surface area (Å²) < 4.78 is 0. The molecule has 4 atom stereocenters. The number of benzene rings is 1. The van der Waals surface area contributed by atoms with E-state index >= 15 is 0 Å². The second-order valence-electron chi connectivity index (χ2n) is 7.87. The van der Waals surface area contributed by atoms with Gasteiger partial charge in [-0.1, -0.05) is 30.3 Å². The van der Waals surface area contributed by atoms with E-state index < -0.39 is 79.2 Å². The van der Waals surface area contributed by atoms with E-state index in [0.717, 1.165) is 0 Å². The molecular weight excluding hydrogens is 480 g/mol. The van der Waals surface area contributed by atoms with Crippen LogP contribution in [0.4, 0.5) is 0 Å². The van der Waals surface area contributed by atoms with Crippen LogP contribution in [0.25, 0.3) is 0 Å². The smallest absolute Gasteiger partial charge is 0.328 e. The first-order valence-electron chi connectivity index (χ1n) is 10.9. The Morgan fingerprint density at radius 1 is 0.722 bits per heavy atom. The van der Waals surface area contributed by atoms with E-state index in [1.165, 1.54) is 0 Å². The van der Waals surface area contributed by atoms with E-state index in [-0.39, 0.29) is 19.3 Å². The normalized spacial score (nSPS) is 13.9. The zero-order valence-electron chi connectivity index (χ0n) is 19.3. The number of aliphatic hydroxyl groups is 1. The lowest BCUT2D eigenvalue weighted by Gasteiger charge is -2.25. The van der Waals surface area contributed by atoms with Crippen LogP contribution in [0.1, 0.15) is 31.2 Å². The molecule has 0 aromatic heterocycles. The predicted molar refractivity (Wildman–Crippen MR) is 122 cm³/mol. The summed E-state index contributed by atoms with van der Waals surface area (Å²) in [4.78, 5) is 71.0. The Morgan fingerprint density at radius 2 is 1.22 bits per heavy atom. The first-order valence-corrected chi connectivity index (χ1v) is 10.9. The van der Waals surface area contributed by atoms with Crippen molar-refractivity contribution in [2.45, 2.75) is 56.3 Å². The van der Waals surface area contributed by atoms with Crippen LogP contribution in [0.2, 0.25) is 0 Å². The van der Waals surface area contributed by atoms with Crippen LogP contribution >= 0.6 is 0 Å². The van der Waals surface area contributed by atoms with Gasteiger partial charge in [0.1, 0.15) is 18.1 Å². The van der Waals surface area contributed by atoms with Crippen molar-refractivity contribution in [3.63, 3.8) is 0 Å². The third-order valence-electron chi connectivity index (χ3n) is 5.00. The van der Waals surface area contributed by atoms with Gasteiger partial charge in [-0.3, -0.25) is 24.0 Å². The number of nitrogens with one attached hydrogen (secondary N) is 3. The van der Waals surface area contributed by atoms with E-state index in [1.807, 2.05) is 0 Å². The van der Waals surface area contributed by atoms with Gasteiger partial charge < -0.3 is 42.1 Å². The number of hydrogen-bond donors (Lipinski definition) is 8. The molecule has 1 rings (SSSR count). The molecule has 0 saturated carbocycles. The molecule has 9 N–H and O–H groups in total. The molecule has 0 aliphatic rings. The Kier molecular flexibility index (Phi) is 12.5. The zero-order chi connectivity index (χ0) is 27.3. The second-order valence-corrected chi connectivity index (χ2v) is 7.87. The van der Waals surface area contributed by atoms with Crippen molar-refractivity contribution >= 4 is 35.6 Å². The number of amides is 3. The third kappa shape index (κ3) is 10.9. The molecule has 198 valence electrons. The van der Waals surface area contributed by atoms with E-state index in [2.05, 4.69) is 16.0 Å². The molecule has 1 aromatic rings. The first-order chi connectivity index (χ1) is 16.9. The van der Waals surface area contributed by atoms with E-state index in [0.29, 0.717) is 5.56 Å². The lowest BCUT2D eigenvalue weighted by Crippen LogP contribution is -2.58. The number of carboxylic acid groups (broad SMARTS) is 3. The third-order valence-corrected chi connectivity index (χ3v) is 5.00. The van der Waals surface area contributed by atoms with Crippen LogP contribution in [0.15, 0.2) is 30.3 Å². The topological polar surface area (TPSA) is 245 Å². The van der Waals surface area contributed by atoms with Gasteiger partial charge in [-0.25, -0.2) is 4.79 Å². The average Bonchev–Trinajstić information content (AvgIpc) is 2.82. The highest BCUT2D eigenvalue weighted by atomic mass is 16.4. The van der Waals surface area contributed by atoms with E-state index in [9.17, 15) is 33.9 Å². The summed E-state index contributed by atoms with van der Waals surface area (Å²) in [6, 6.07) is 2.66. The maximum atomic E-state index is 13.0. The van der Waals surface area contributed by atoms with Crippen LogP contribution in [0.3, 0.4) is 0 Å². The number of nitrogens with two attached hydrogens (primary N) is 1. The number of carbonyl (C=O) groups is 6. The van der Waals surface area contributed by atoms with Gasteiger partial charge in [0.15, 0.2) is 0 Å². The molecule has 0 aliphatic carbocycles. The Labute approximate surface area is 205 Å². The quantitative estimate of drug-likeness (QED) is 0.119. The van der Waals surface area contributed by atoms with Crippen LogP contribution < -0.4 is 21.7 Å². The molecule has 0 fully saturated rings. The Hall–Kier alpha value is -4.04. The molecule has 4 unspecified atom stereocenters. The predicted octanol–water partition coefficient (Wildman–Crippen LogP) is -2.18. The largest absolute Gasteiger partial charge is 0.481 e. The minimum atomic E-state index is -1.64. The van der Waals surface area contributed by atoms with Gasteiger partial charge in [0.25, 0.3) is 0 Å². The van der Waals surface area contributed by atoms with Crippen LogP contribution in [0, 0.1) is 0 Å². The summed E-state index contributed by atoms with van der Waals surface area (Å²) >= 11 is 0. The Bertz CT molecular complexity index is 940. The number of carbonyl (C=O) groups excluding carboxylic acids is 3. The summed E-state index contributed by atoms with van der Waals surface area (Å²) in [6.07, 6.45) is -1.62. The van der Waals surface area contributed by atoms with E-state index in [4.69, 9.17) is 21.1 Å². The summed E-state index contributed by atoms with van der Waals surface area (Å²) in [7, 11) is 0. The molecule has 0 radical (unpaired) electrons. The van der Waals surface area contributed by atoms with Gasteiger partial charge in [-0.2, -0.15) is 0 Å². The number of carboxylic acids is 3. The van der Waals surface area contributed by atoms with Gasteiger partial charge in [-0.15, -0.1) is 0 Å². The van der Waals surface area contributed by atoms with Gasteiger partial charge in [0, 0.05) is 19.3 Å². The summed E-state index contributed by atoms with van der Waals surface area (Å²) in [6.45, 7) is -0.904. The lowest BCUT2D eigenvalue weighted by molar-refractivity contribution is -0.143. The van der Waals surface area contributed by atoms with Gasteiger partial charge >= 0.3 is 17.9 Å². The van der Waals surface area contributed by atoms with Gasteiger partial charge in [-0.05, 0) is 18.4 Å². The van der Waals surface area contributed by atoms with Crippen molar-refractivity contribution in [2.75, 3.05) is 6.61 Å². The molecule has 0 heterocycles. The fourth-order valence-electron chi connectivity index (χ4n) is 3.01. The number of aliphatic hydroxyl groups excluding tert-OH is 1. The average molecular weight is 511 g/mol. The Balaban J connectivity index is 3.08. The van der Waals surface area contributed by atoms with Crippen LogP contribution in [-0.4, -0.2) is 86.8 Å². The standard InChI is InChI=1S/C22H30N4O10/c23-13(6-8-17(28)29)19(32)24-14(7-9-18(30)31)20(33)25-15(10-12-4-2-1-3-5-12)21(34)26-16(11-27)22(35)36/h1-5,13-16,27H,6-11,23H2,(H,24,32)(H,25,33)(H,26,34)(H,28,29)(H,30,31)(H,35,36). The van der Waals surface area contributed by atoms with Crippen molar-refractivity contribution in [2.24, 2.45) is 5.73 Å². The maximum Gasteiger partial charge on any atom is 0.328 e. The maximum absolute atomic E-state index is 13.0. The highest BCUT2D eigenvalue weighted by Crippen LogP contribution is 2.07. The minimum Gasteiger partial charge on any atom is -0.481 e. The van der Waals surface area contributed by atoms with Gasteiger partial charge in [0.05, 0.1) is 12.6 Å². The zero-order valence-corrected chi connectivity index (χ0v) is 19.3. The van der Waals surface area contributed by atoms with Crippen LogP contribution in [-0.2, 0) is 35.2 Å². The molecule has 1 aromatic carbocycles. The number of aliphatic carboxylic acids is 3. The minimum absolute atomic E-state index is 0.0894. The molecule has 14 heteroatoms. The molecule has 0 spiro atoms. The van der Waals surface area contributed by atoms with Crippen molar-refractivity contribution in [3.8, 4) is 0 Å². The Morgan fingerprint density at radius 3 is 1.75 bits per heavy atom. The molecule has 36 heavy (non-hydrogen) atoms. The molecule has 0 aliphatic heterocycles.